The number of rotatable bonds is 6. The summed E-state index contributed by atoms with van der Waals surface area (Å²) in [5.74, 6) is 0.205. The lowest BCUT2D eigenvalue weighted by Crippen LogP contribution is -2.16. The molecule has 34 heavy (non-hydrogen) atoms. The summed E-state index contributed by atoms with van der Waals surface area (Å²) in [4.78, 5) is 19.9. The number of anilines is 1. The number of nitriles is 1. The van der Waals surface area contributed by atoms with E-state index < -0.39 is 11.6 Å². The van der Waals surface area contributed by atoms with Gasteiger partial charge in [-0.1, -0.05) is 23.7 Å². The Hall–Kier alpha value is -3.41. The third-order valence-electron chi connectivity index (χ3n) is 5.39. The fourth-order valence-electron chi connectivity index (χ4n) is 3.76. The molecule has 0 amide bonds. The van der Waals surface area contributed by atoms with Crippen LogP contribution >= 0.6 is 27.5 Å². The van der Waals surface area contributed by atoms with E-state index in [0.29, 0.717) is 28.0 Å². The lowest BCUT2D eigenvalue weighted by molar-refractivity contribution is 0.103. The highest BCUT2D eigenvalue weighted by Gasteiger charge is 2.26. The molecule has 4 aromatic rings. The third kappa shape index (κ3) is 4.25. The van der Waals surface area contributed by atoms with Crippen molar-refractivity contribution in [3.63, 3.8) is 0 Å². The van der Waals surface area contributed by atoms with Crippen LogP contribution in [0.2, 0.25) is 5.02 Å². The maximum absolute atomic E-state index is 13.8. The van der Waals surface area contributed by atoms with Gasteiger partial charge in [0.1, 0.15) is 23.2 Å². The molecular weight excluding hydrogens is 523 g/mol. The summed E-state index contributed by atoms with van der Waals surface area (Å²) >= 11 is 9.62. The molecule has 0 saturated carbocycles. The molecule has 1 aromatic heterocycles. The maximum atomic E-state index is 13.8. The van der Waals surface area contributed by atoms with Crippen LogP contribution in [-0.2, 0) is 6.54 Å². The normalized spacial score (nSPS) is 10.9. The lowest BCUT2D eigenvalue weighted by Gasteiger charge is -2.15. The van der Waals surface area contributed by atoms with Crippen LogP contribution in [0.1, 0.15) is 27.0 Å². The van der Waals surface area contributed by atoms with Gasteiger partial charge in [-0.15, -0.1) is 0 Å². The molecule has 0 radical (unpaired) electrons. The second-order valence-corrected chi connectivity index (χ2v) is 9.04. The number of hydrogen-bond donors (Lipinski definition) is 0. The predicted octanol–water partition coefficient (Wildman–Crippen LogP) is 5.82. The number of carbonyl (C=O) groups excluding carboxylic acids is 1. The summed E-state index contributed by atoms with van der Waals surface area (Å²) in [7, 11) is 5.32. The van der Waals surface area contributed by atoms with E-state index in [1.807, 2.05) is 47.8 Å². The zero-order chi connectivity index (χ0) is 24.6. The minimum atomic E-state index is -0.595. The maximum Gasteiger partial charge on any atom is 0.206 e. The molecule has 0 atom stereocenters. The van der Waals surface area contributed by atoms with Gasteiger partial charge in [-0.2, -0.15) is 5.26 Å². The van der Waals surface area contributed by atoms with Crippen LogP contribution in [0, 0.1) is 17.1 Å². The number of halogens is 3. The number of ether oxygens (including phenoxy) is 1. The van der Waals surface area contributed by atoms with Gasteiger partial charge in [0.2, 0.25) is 5.95 Å². The number of fused-ring (bicyclic) bond motifs is 1. The van der Waals surface area contributed by atoms with Crippen molar-refractivity contribution < 1.29 is 13.9 Å². The minimum absolute atomic E-state index is 0.0243. The average Bonchev–Trinajstić information content (AvgIpc) is 3.17. The van der Waals surface area contributed by atoms with Crippen LogP contribution in [-0.4, -0.2) is 36.5 Å². The fourth-order valence-corrected chi connectivity index (χ4v) is 4.56. The number of carbonyl (C=O) groups is 1. The number of hydrogen-bond acceptors (Lipinski definition) is 5. The van der Waals surface area contributed by atoms with E-state index in [9.17, 15) is 14.4 Å². The molecular formula is C25H19BrClFN4O2. The Morgan fingerprint density at radius 1 is 1.24 bits per heavy atom. The first-order valence-electron chi connectivity index (χ1n) is 10.2. The van der Waals surface area contributed by atoms with Crippen LogP contribution in [0.25, 0.3) is 11.0 Å². The molecule has 0 saturated heterocycles. The van der Waals surface area contributed by atoms with E-state index in [1.54, 1.807) is 13.2 Å². The summed E-state index contributed by atoms with van der Waals surface area (Å²) in [5.41, 5.74) is 2.20. The SMILES string of the molecule is COc1ccc(Cn2c(N(C)C)nc3c(C#N)c(C(=O)c4cc(F)ccc4Cl)c(Br)cc32)cc1. The monoisotopic (exact) mass is 540 g/mol. The molecule has 6 nitrogen and oxygen atoms in total. The summed E-state index contributed by atoms with van der Waals surface area (Å²) in [6.45, 7) is 0.480. The molecule has 9 heteroatoms. The second kappa shape index (κ2) is 9.45. The van der Waals surface area contributed by atoms with Gasteiger partial charge in [0.25, 0.3) is 0 Å². The highest BCUT2D eigenvalue weighted by molar-refractivity contribution is 9.10. The van der Waals surface area contributed by atoms with Crippen molar-refractivity contribution in [2.45, 2.75) is 6.54 Å². The number of benzene rings is 3. The fraction of sp³-hybridized carbons (Fsp3) is 0.160. The van der Waals surface area contributed by atoms with Crippen LogP contribution in [0.5, 0.6) is 5.75 Å². The molecule has 0 unspecified atom stereocenters. The highest BCUT2D eigenvalue weighted by Crippen LogP contribution is 2.35. The van der Waals surface area contributed by atoms with Gasteiger partial charge in [-0.25, -0.2) is 9.37 Å². The molecule has 0 aliphatic heterocycles. The quantitative estimate of drug-likeness (QED) is 0.288. The van der Waals surface area contributed by atoms with E-state index in [1.165, 1.54) is 12.1 Å². The third-order valence-corrected chi connectivity index (χ3v) is 6.34. The Morgan fingerprint density at radius 2 is 1.94 bits per heavy atom. The predicted molar refractivity (Wildman–Crippen MR) is 133 cm³/mol. The van der Waals surface area contributed by atoms with Crippen LogP contribution in [0.4, 0.5) is 10.3 Å². The van der Waals surface area contributed by atoms with Crippen LogP contribution in [0.15, 0.2) is 53.0 Å². The van der Waals surface area contributed by atoms with Gasteiger partial charge in [0, 0.05) is 24.1 Å². The molecule has 1 heterocycles. The molecule has 172 valence electrons. The first-order chi connectivity index (χ1) is 16.2. The van der Waals surface area contributed by atoms with Crippen molar-refractivity contribution in [2.75, 3.05) is 26.1 Å². The topological polar surface area (TPSA) is 71.2 Å². The molecule has 0 aliphatic carbocycles. The summed E-state index contributed by atoms with van der Waals surface area (Å²) in [6, 6.07) is 15.1. The van der Waals surface area contributed by atoms with Crippen molar-refractivity contribution in [1.29, 1.82) is 5.26 Å². The van der Waals surface area contributed by atoms with Crippen molar-refractivity contribution >= 4 is 50.3 Å². The van der Waals surface area contributed by atoms with E-state index >= 15 is 0 Å². The molecule has 3 aromatic carbocycles. The van der Waals surface area contributed by atoms with E-state index in [2.05, 4.69) is 22.0 Å². The number of methoxy groups -OCH3 is 1. The van der Waals surface area contributed by atoms with Crippen LogP contribution in [0.3, 0.4) is 0 Å². The summed E-state index contributed by atoms with van der Waals surface area (Å²) in [5, 5.41) is 10.1. The van der Waals surface area contributed by atoms with Crippen LogP contribution < -0.4 is 9.64 Å². The Balaban J connectivity index is 1.92. The number of imidazole rings is 1. The average molecular weight is 542 g/mol. The van der Waals surface area contributed by atoms with Gasteiger partial charge in [-0.05, 0) is 57.9 Å². The Bertz CT molecular complexity index is 1460. The molecule has 0 N–H and O–H groups in total. The van der Waals surface area contributed by atoms with Gasteiger partial charge >= 0.3 is 0 Å². The first kappa shape index (κ1) is 23.7. The largest absolute Gasteiger partial charge is 0.497 e. The molecule has 4 rings (SSSR count). The first-order valence-corrected chi connectivity index (χ1v) is 11.3. The van der Waals surface area contributed by atoms with Crippen molar-refractivity contribution in [3.8, 4) is 11.8 Å². The van der Waals surface area contributed by atoms with E-state index in [4.69, 9.17) is 21.3 Å². The Labute approximate surface area is 209 Å². The van der Waals surface area contributed by atoms with Gasteiger partial charge < -0.3 is 14.2 Å². The van der Waals surface area contributed by atoms with Gasteiger partial charge in [-0.3, -0.25) is 4.79 Å². The zero-order valence-corrected chi connectivity index (χ0v) is 20.9. The molecule has 0 bridgehead atoms. The van der Waals surface area contributed by atoms with Gasteiger partial charge in [0.05, 0.1) is 35.3 Å². The molecule has 0 spiro atoms. The summed E-state index contributed by atoms with van der Waals surface area (Å²) < 4.78 is 21.4. The lowest BCUT2D eigenvalue weighted by atomic mass is 9.97. The number of nitrogens with zero attached hydrogens (tertiary/aromatic N) is 4. The van der Waals surface area contributed by atoms with E-state index in [0.717, 1.165) is 17.4 Å². The van der Waals surface area contributed by atoms with Gasteiger partial charge in [0.15, 0.2) is 5.78 Å². The highest BCUT2D eigenvalue weighted by atomic mass is 79.9. The molecule has 0 aliphatic rings. The van der Waals surface area contributed by atoms with E-state index in [-0.39, 0.29) is 21.7 Å². The number of aromatic nitrogens is 2. The second-order valence-electron chi connectivity index (χ2n) is 7.78. The Kier molecular flexibility index (Phi) is 6.60. The van der Waals surface area contributed by atoms with Crippen molar-refractivity contribution in [3.05, 3.63) is 86.1 Å². The zero-order valence-electron chi connectivity index (χ0n) is 18.6. The minimum Gasteiger partial charge on any atom is -0.497 e. The Morgan fingerprint density at radius 3 is 2.56 bits per heavy atom. The smallest absolute Gasteiger partial charge is 0.206 e. The standard InChI is InChI=1S/C25H19BrClFN4O2/c1-31(2)25-30-23-18(12-29)22(24(33)17-10-15(28)6-9-20(17)27)19(26)11-21(23)32(25)13-14-4-7-16(34-3)8-5-14/h4-11H,13H2,1-3H3. The summed E-state index contributed by atoms with van der Waals surface area (Å²) in [6.07, 6.45) is 0. The molecule has 0 fully saturated rings. The van der Waals surface area contributed by atoms with Crippen molar-refractivity contribution in [1.82, 2.24) is 9.55 Å². The number of ketones is 1. The van der Waals surface area contributed by atoms with Crippen molar-refractivity contribution in [2.24, 2.45) is 0 Å².